The third-order valence-electron chi connectivity index (χ3n) is 2.74. The highest BCUT2D eigenvalue weighted by Gasteiger charge is 2.11. The van der Waals surface area contributed by atoms with E-state index in [1.54, 1.807) is 12.1 Å². The van der Waals surface area contributed by atoms with Crippen molar-refractivity contribution in [2.75, 3.05) is 0 Å². The van der Waals surface area contributed by atoms with Crippen molar-refractivity contribution in [2.45, 2.75) is 27.4 Å². The summed E-state index contributed by atoms with van der Waals surface area (Å²) in [4.78, 5) is 15.8. The minimum absolute atomic E-state index is 0.0453. The van der Waals surface area contributed by atoms with Crippen LogP contribution in [0, 0.1) is 13.8 Å². The average Bonchev–Trinajstić information content (AvgIpc) is 2.67. The molecule has 0 saturated carbocycles. The first kappa shape index (κ1) is 13.8. The maximum absolute atomic E-state index is 11.5. The summed E-state index contributed by atoms with van der Waals surface area (Å²) in [6.07, 6.45) is 0. The Morgan fingerprint density at radius 3 is 2.74 bits per heavy atom. The van der Waals surface area contributed by atoms with E-state index in [1.807, 2.05) is 19.9 Å². The van der Waals surface area contributed by atoms with Crippen molar-refractivity contribution in [3.05, 3.63) is 45.6 Å². The highest BCUT2D eigenvalue weighted by molar-refractivity contribution is 9.10. The Morgan fingerprint density at radius 2 is 2.16 bits per heavy atom. The van der Waals surface area contributed by atoms with Crippen LogP contribution in [0.5, 0.6) is 5.75 Å². The van der Waals surface area contributed by atoms with Gasteiger partial charge in [-0.3, -0.25) is 4.79 Å². The topological polar surface area (TPSA) is 52.3 Å². The second kappa shape index (κ2) is 5.57. The van der Waals surface area contributed by atoms with Gasteiger partial charge in [-0.15, -0.1) is 0 Å². The molecule has 0 unspecified atom stereocenters. The maximum Gasteiger partial charge on any atom is 0.232 e. The number of halogens is 1. The Morgan fingerprint density at radius 1 is 1.42 bits per heavy atom. The second-order valence-corrected chi connectivity index (χ2v) is 5.15. The van der Waals surface area contributed by atoms with Gasteiger partial charge in [-0.2, -0.15) is 0 Å². The minimum Gasteiger partial charge on any atom is -0.483 e. The number of hydrogen-bond donors (Lipinski definition) is 0. The summed E-state index contributed by atoms with van der Waals surface area (Å²) in [5.41, 5.74) is 1.38. The number of carbonyl (C=O) groups excluding carboxylic acids is 1. The number of Topliss-reactive ketones (excluding diaryl/α,β-unsaturated/α-hetero) is 1. The molecule has 0 aliphatic carbocycles. The van der Waals surface area contributed by atoms with E-state index in [-0.39, 0.29) is 12.4 Å². The molecule has 2 rings (SSSR count). The molecule has 2 aromatic rings. The second-order valence-electron chi connectivity index (χ2n) is 4.23. The lowest BCUT2D eigenvalue weighted by Crippen LogP contribution is -2.02. The Hall–Kier alpha value is -1.62. The van der Waals surface area contributed by atoms with Crippen molar-refractivity contribution >= 4 is 21.7 Å². The zero-order valence-electron chi connectivity index (χ0n) is 11.0. The fourth-order valence-electron chi connectivity index (χ4n) is 1.64. The zero-order valence-corrected chi connectivity index (χ0v) is 12.6. The van der Waals surface area contributed by atoms with Crippen LogP contribution in [0.1, 0.15) is 34.6 Å². The third kappa shape index (κ3) is 3.23. The lowest BCUT2D eigenvalue weighted by Gasteiger charge is -2.08. The molecule has 0 radical (unpaired) electrons. The van der Waals surface area contributed by atoms with Gasteiger partial charge < -0.3 is 9.15 Å². The molecular weight excluding hydrogens is 310 g/mol. The van der Waals surface area contributed by atoms with E-state index in [1.165, 1.54) is 6.92 Å². The van der Waals surface area contributed by atoms with E-state index in [4.69, 9.17) is 9.15 Å². The molecule has 0 aliphatic heterocycles. The first-order valence-corrected chi connectivity index (χ1v) is 6.63. The van der Waals surface area contributed by atoms with E-state index < -0.39 is 0 Å². The molecule has 0 saturated heterocycles. The van der Waals surface area contributed by atoms with E-state index in [2.05, 4.69) is 20.9 Å². The van der Waals surface area contributed by atoms with Crippen LogP contribution in [0.3, 0.4) is 0 Å². The average molecular weight is 324 g/mol. The highest BCUT2D eigenvalue weighted by atomic mass is 79.9. The van der Waals surface area contributed by atoms with Crippen molar-refractivity contribution < 1.29 is 13.9 Å². The quantitative estimate of drug-likeness (QED) is 0.802. The molecule has 5 heteroatoms. The molecule has 1 heterocycles. The molecule has 0 atom stereocenters. The van der Waals surface area contributed by atoms with E-state index >= 15 is 0 Å². The van der Waals surface area contributed by atoms with Gasteiger partial charge in [0.15, 0.2) is 12.4 Å². The molecule has 0 N–H and O–H groups in total. The number of ketones is 1. The van der Waals surface area contributed by atoms with E-state index in [0.717, 1.165) is 15.9 Å². The van der Waals surface area contributed by atoms with Gasteiger partial charge in [0.1, 0.15) is 11.5 Å². The van der Waals surface area contributed by atoms with Gasteiger partial charge in [0.2, 0.25) is 5.89 Å². The first-order valence-electron chi connectivity index (χ1n) is 5.83. The van der Waals surface area contributed by atoms with Gasteiger partial charge in [-0.05, 0) is 39.0 Å². The zero-order chi connectivity index (χ0) is 14.0. The van der Waals surface area contributed by atoms with Crippen LogP contribution >= 0.6 is 15.9 Å². The molecule has 19 heavy (non-hydrogen) atoms. The van der Waals surface area contributed by atoms with Gasteiger partial charge in [0.25, 0.3) is 0 Å². The van der Waals surface area contributed by atoms with Crippen LogP contribution in [-0.2, 0) is 6.61 Å². The summed E-state index contributed by atoms with van der Waals surface area (Å²) >= 11 is 3.33. The third-order valence-corrected chi connectivity index (χ3v) is 3.24. The number of ether oxygens (including phenoxy) is 1. The molecule has 100 valence electrons. The Balaban J connectivity index is 2.17. The molecule has 0 spiro atoms. The molecule has 4 nitrogen and oxygen atoms in total. The summed E-state index contributed by atoms with van der Waals surface area (Å²) in [5, 5.41) is 0. The molecule has 0 fully saturated rings. The van der Waals surface area contributed by atoms with Crippen LogP contribution in [0.4, 0.5) is 0 Å². The minimum atomic E-state index is -0.0453. The predicted octanol–water partition coefficient (Wildman–Crippen LogP) is 3.84. The van der Waals surface area contributed by atoms with Crippen LogP contribution < -0.4 is 4.74 Å². The Bertz CT molecular complexity index is 600. The number of oxazole rings is 1. The standard InChI is InChI=1S/C14H14BrNO3/c1-8-10(3)19-14(16-8)7-18-13-5-4-11(15)6-12(13)9(2)17/h4-6H,7H2,1-3H3. The fourth-order valence-corrected chi connectivity index (χ4v) is 2.00. The normalized spacial score (nSPS) is 10.5. The smallest absolute Gasteiger partial charge is 0.232 e. The van der Waals surface area contributed by atoms with Crippen LogP contribution in [-0.4, -0.2) is 10.8 Å². The Kier molecular flexibility index (Phi) is 4.04. The predicted molar refractivity (Wildman–Crippen MR) is 74.5 cm³/mol. The van der Waals surface area contributed by atoms with Gasteiger partial charge in [-0.1, -0.05) is 15.9 Å². The van der Waals surface area contributed by atoms with Gasteiger partial charge in [0.05, 0.1) is 11.3 Å². The van der Waals surface area contributed by atoms with Crippen molar-refractivity contribution in [1.82, 2.24) is 4.98 Å². The summed E-state index contributed by atoms with van der Waals surface area (Å²) in [7, 11) is 0. The SMILES string of the molecule is CC(=O)c1cc(Br)ccc1OCc1nc(C)c(C)o1. The maximum atomic E-state index is 11.5. The summed E-state index contributed by atoms with van der Waals surface area (Å²) < 4.78 is 11.9. The van der Waals surface area contributed by atoms with Crippen molar-refractivity contribution in [3.63, 3.8) is 0 Å². The molecule has 0 bridgehead atoms. The molecule has 1 aromatic heterocycles. The van der Waals surface area contributed by atoms with Crippen LogP contribution in [0.15, 0.2) is 27.1 Å². The number of aromatic nitrogens is 1. The van der Waals surface area contributed by atoms with Gasteiger partial charge >= 0.3 is 0 Å². The number of benzene rings is 1. The van der Waals surface area contributed by atoms with E-state index in [0.29, 0.717) is 17.2 Å². The fraction of sp³-hybridized carbons (Fsp3) is 0.286. The largest absolute Gasteiger partial charge is 0.483 e. The van der Waals surface area contributed by atoms with Crippen molar-refractivity contribution in [3.8, 4) is 5.75 Å². The van der Waals surface area contributed by atoms with Crippen molar-refractivity contribution in [2.24, 2.45) is 0 Å². The lowest BCUT2D eigenvalue weighted by atomic mass is 10.1. The van der Waals surface area contributed by atoms with Gasteiger partial charge in [0, 0.05) is 4.47 Å². The number of nitrogens with zero attached hydrogens (tertiary/aromatic N) is 1. The van der Waals surface area contributed by atoms with E-state index in [9.17, 15) is 4.79 Å². The molecule has 0 amide bonds. The summed E-state index contributed by atoms with van der Waals surface area (Å²) in [6, 6.07) is 5.32. The van der Waals surface area contributed by atoms with Crippen LogP contribution in [0.2, 0.25) is 0 Å². The monoisotopic (exact) mass is 323 g/mol. The summed E-state index contributed by atoms with van der Waals surface area (Å²) in [6.45, 7) is 5.44. The number of hydrogen-bond acceptors (Lipinski definition) is 4. The number of carbonyl (C=O) groups is 1. The lowest BCUT2D eigenvalue weighted by molar-refractivity contribution is 0.101. The molecular formula is C14H14BrNO3. The van der Waals surface area contributed by atoms with Gasteiger partial charge in [-0.25, -0.2) is 4.98 Å². The first-order chi connectivity index (χ1) is 8.97. The molecule has 0 aliphatic rings. The Labute approximate surface area is 119 Å². The highest BCUT2D eigenvalue weighted by Crippen LogP contribution is 2.24. The van der Waals surface area contributed by atoms with Crippen molar-refractivity contribution in [1.29, 1.82) is 0 Å². The van der Waals surface area contributed by atoms with Crippen LogP contribution in [0.25, 0.3) is 0 Å². The number of aryl methyl sites for hydroxylation is 2. The summed E-state index contributed by atoms with van der Waals surface area (Å²) in [5.74, 6) is 1.77. The number of rotatable bonds is 4. The molecule has 1 aromatic carbocycles.